The third-order valence-electron chi connectivity index (χ3n) is 21.5. The van der Waals surface area contributed by atoms with Gasteiger partial charge in [0.15, 0.2) is 29.2 Å². The molecule has 28 heteroatoms. The summed E-state index contributed by atoms with van der Waals surface area (Å²) in [6, 6.07) is 16.3. The van der Waals surface area contributed by atoms with Crippen molar-refractivity contribution < 1.29 is 115 Å². The van der Waals surface area contributed by atoms with E-state index in [4.69, 9.17) is 56.4 Å². The predicted molar refractivity (Wildman–Crippen MR) is 355 cm³/mol. The van der Waals surface area contributed by atoms with Crippen LogP contribution in [0, 0.1) is 33.5 Å². The van der Waals surface area contributed by atoms with Crippen LogP contribution in [0.25, 0.3) is 0 Å². The minimum absolute atomic E-state index is 0.0948. The summed E-state index contributed by atoms with van der Waals surface area (Å²) in [7, 11) is 4.36. The molecule has 21 atom stereocenters. The fraction of sp³-hybridized carbons (Fsp3) is 0.621. The molecule has 2 aliphatic heterocycles. The highest BCUT2D eigenvalue weighted by Crippen LogP contribution is 2.68. The monoisotopic (exact) mass is 1580 g/mol. The molecule has 6 aliphatic carbocycles. The van der Waals surface area contributed by atoms with Gasteiger partial charge in [0.25, 0.3) is 0 Å². The largest absolute Gasteiger partial charge is 0.458 e. The molecule has 516 valence electrons. The lowest BCUT2D eigenvalue weighted by Crippen LogP contribution is -2.82. The highest BCUT2D eigenvalue weighted by Gasteiger charge is 2.81. The Morgan fingerprint density at radius 1 is 0.532 bits per heavy atom. The number of hydrogen-bond acceptors (Lipinski definition) is 24. The quantitative estimate of drug-likeness (QED) is 0.0604. The third kappa shape index (κ3) is 12.4. The van der Waals surface area contributed by atoms with Crippen molar-refractivity contribution in [3.8, 4) is 0 Å². The van der Waals surface area contributed by atoms with E-state index in [1.807, 2.05) is 0 Å². The number of hydrogen-bond donors (Lipinski definition) is 3. The number of fused-ring (bicyclic) bond motifs is 10. The maximum atomic E-state index is 15.2. The molecule has 0 spiro atoms. The van der Waals surface area contributed by atoms with Gasteiger partial charge in [-0.1, -0.05) is 71.0 Å². The Balaban J connectivity index is 0.000000235. The summed E-state index contributed by atoms with van der Waals surface area (Å²) in [5.41, 5.74) is -11.5. The first-order valence-corrected chi connectivity index (χ1v) is 37.9. The summed E-state index contributed by atoms with van der Waals surface area (Å²) >= 11 is 4.24. The average molecular weight is 1580 g/mol. The van der Waals surface area contributed by atoms with Crippen LogP contribution in [0.5, 0.6) is 0 Å². The Morgan fingerprint density at radius 2 is 0.915 bits per heavy atom. The number of Topliss-reactive ketones (excluding diaryl/α,β-unsaturated/α-hetero) is 1. The lowest BCUT2D eigenvalue weighted by Gasteiger charge is -2.69. The van der Waals surface area contributed by atoms with Crippen LogP contribution in [-0.2, 0) is 90.0 Å². The fourth-order valence-electron chi connectivity index (χ4n) is 17.0. The summed E-state index contributed by atoms with van der Waals surface area (Å²) in [5, 5.41) is 39.1. The van der Waals surface area contributed by atoms with Gasteiger partial charge in [-0.05, 0) is 67.3 Å². The average Bonchev–Trinajstić information content (AvgIpc) is 0.675. The van der Waals surface area contributed by atoms with Gasteiger partial charge in [-0.25, -0.2) is 9.59 Å². The van der Waals surface area contributed by atoms with Gasteiger partial charge in [0.2, 0.25) is 0 Å². The number of ketones is 1. The molecule has 17 unspecified atom stereocenters. The van der Waals surface area contributed by atoms with Gasteiger partial charge >= 0.3 is 47.8 Å². The molecule has 2 heterocycles. The zero-order valence-corrected chi connectivity index (χ0v) is 61.5. The van der Waals surface area contributed by atoms with Gasteiger partial charge < -0.3 is 71.7 Å². The zero-order valence-electron chi connectivity index (χ0n) is 54.8. The van der Waals surface area contributed by atoms with Crippen molar-refractivity contribution in [3.05, 3.63) is 94.1 Å². The SMILES string of the molecule is CC(=O)OC1CC2(O)C(OC(=O)c3ccccc3)C3[C@]4(OC(C)=O)COC4CC(OP)[C@@]3(C)C(=O)C(OC(C)=O)C(=C1C)C2(C)C.CC(=O)OC1CC2(O)C(OC(=O)c3ccccc3)C3[C@]4(OC(C)=O)COC4CC(OP)[C@@]3(C)C(O)C(OC(C)=O)C(=C1C)C2(C)C.II. The second-order valence-electron chi connectivity index (χ2n) is 27.1. The van der Waals surface area contributed by atoms with Crippen molar-refractivity contribution in [2.24, 2.45) is 33.5 Å². The summed E-state index contributed by atoms with van der Waals surface area (Å²) in [6.45, 7) is 20.3. The molecular weight excluding hydrogens is 1490 g/mol. The van der Waals surface area contributed by atoms with E-state index in [2.05, 4.69) is 56.2 Å². The highest BCUT2D eigenvalue weighted by atomic mass is 128. The number of rotatable bonds is 12. The number of carbonyl (C=O) groups is 9. The first-order chi connectivity index (χ1) is 43.9. The molecule has 0 aromatic heterocycles. The summed E-state index contributed by atoms with van der Waals surface area (Å²) in [4.78, 5) is 119. The van der Waals surface area contributed by atoms with Crippen molar-refractivity contribution in [1.82, 2.24) is 0 Å². The second-order valence-corrected chi connectivity index (χ2v) is 27.7. The van der Waals surface area contributed by atoms with Crippen molar-refractivity contribution in [3.63, 3.8) is 0 Å². The topological polar surface area (TPSA) is 325 Å². The lowest BCUT2D eigenvalue weighted by molar-refractivity contribution is -0.362. The molecular formula is C66H84I2O24P2. The van der Waals surface area contributed by atoms with Gasteiger partial charge in [0.05, 0.1) is 53.8 Å². The molecule has 2 saturated heterocycles. The number of benzene rings is 2. The normalized spacial score (nSPS) is 37.8. The van der Waals surface area contributed by atoms with Gasteiger partial charge in [0.1, 0.15) is 53.9 Å². The van der Waals surface area contributed by atoms with E-state index in [1.165, 1.54) is 41.5 Å². The molecule has 3 N–H and O–H groups in total. The van der Waals surface area contributed by atoms with E-state index in [1.54, 1.807) is 116 Å². The van der Waals surface area contributed by atoms with Crippen LogP contribution in [0.15, 0.2) is 83.0 Å². The van der Waals surface area contributed by atoms with Crippen LogP contribution < -0.4 is 0 Å². The van der Waals surface area contributed by atoms with Crippen molar-refractivity contribution >= 4 is 110 Å². The number of carbonyl (C=O) groups excluding carboxylic acids is 9. The Bertz CT molecular complexity index is 3380. The number of esters is 8. The highest BCUT2D eigenvalue weighted by molar-refractivity contribution is 15.0. The summed E-state index contributed by atoms with van der Waals surface area (Å²) in [6.07, 6.45) is -13.3. The van der Waals surface area contributed by atoms with Crippen LogP contribution in [0.4, 0.5) is 0 Å². The number of aliphatic hydroxyl groups is 3. The smallest absolute Gasteiger partial charge is 0.338 e. The van der Waals surface area contributed by atoms with Crippen LogP contribution in [0.3, 0.4) is 0 Å². The van der Waals surface area contributed by atoms with Gasteiger partial charge in [-0.3, -0.25) is 33.6 Å². The molecule has 2 aromatic rings. The molecule has 4 saturated carbocycles. The minimum atomic E-state index is -2.10. The minimum Gasteiger partial charge on any atom is -0.458 e. The molecule has 4 bridgehead atoms. The Labute approximate surface area is 573 Å². The Kier molecular flexibility index (Phi) is 22.4. The maximum absolute atomic E-state index is 15.2. The third-order valence-corrected chi connectivity index (χ3v) is 22.1. The van der Waals surface area contributed by atoms with Crippen LogP contribution in [-0.4, -0.2) is 172 Å². The van der Waals surface area contributed by atoms with E-state index >= 15 is 4.79 Å². The number of aliphatic hydroxyl groups excluding tert-OH is 1. The van der Waals surface area contributed by atoms with E-state index in [9.17, 15) is 53.7 Å². The molecule has 2 aromatic carbocycles. The van der Waals surface area contributed by atoms with Gasteiger partial charge in [-0.2, -0.15) is 0 Å². The van der Waals surface area contributed by atoms with Crippen molar-refractivity contribution in [2.45, 2.75) is 212 Å². The molecule has 94 heavy (non-hydrogen) atoms. The number of halogens is 2. The fourth-order valence-corrected chi connectivity index (χ4v) is 17.8. The Morgan fingerprint density at radius 3 is 1.30 bits per heavy atom. The molecule has 0 radical (unpaired) electrons. The van der Waals surface area contributed by atoms with Crippen LogP contribution >= 0.6 is 56.2 Å². The number of ether oxygens (including phenoxy) is 10. The maximum Gasteiger partial charge on any atom is 0.338 e. The molecule has 8 aliphatic rings. The first kappa shape index (κ1) is 75.2. The predicted octanol–water partition coefficient (Wildman–Crippen LogP) is 7.64. The summed E-state index contributed by atoms with van der Waals surface area (Å²) < 4.78 is 71.7. The second kappa shape index (κ2) is 28.0. The molecule has 0 amide bonds. The van der Waals surface area contributed by atoms with Crippen molar-refractivity contribution in [1.29, 1.82) is 0 Å². The van der Waals surface area contributed by atoms with Crippen LogP contribution in [0.2, 0.25) is 0 Å². The van der Waals surface area contributed by atoms with E-state index in [-0.39, 0.29) is 55.6 Å². The summed E-state index contributed by atoms with van der Waals surface area (Å²) in [5.74, 6) is -8.75. The molecule has 10 rings (SSSR count). The van der Waals surface area contributed by atoms with E-state index in [0.29, 0.717) is 16.7 Å². The van der Waals surface area contributed by atoms with E-state index in [0.717, 1.165) is 0 Å². The first-order valence-electron chi connectivity index (χ1n) is 30.7. The van der Waals surface area contributed by atoms with Crippen LogP contribution in [0.1, 0.15) is 143 Å². The Hall–Kier alpha value is -4.61. The van der Waals surface area contributed by atoms with E-state index < -0.39 is 177 Å². The lowest BCUT2D eigenvalue weighted by atomic mass is 9.44. The zero-order chi connectivity index (χ0) is 70.0. The standard InChI is InChI=1S/C33H43O12P.C33H41O12P.I2/c2*1-16-21(41-17(2)34)14-33(39)28(43-29(38)20-11-9-8-10-12-20)26-31(7,27(37)25(42-18(3)35)24(16)30(33,5)6)22(45-46)13-23-32(26,15-40-23)44-19(4)36;1-2/h8-12,21-23,25-28,37,39H,13-15,46H2,1-7H3;8-12,21-23,25-26,28,39H,13-15,46H2,1-7H3;/t21?,22?,23?,25?,26?,27?,28?,31-,32+,33?;21?,22?,23?,25?,26?,28?,31-,32+,33?;/m11./s1. The molecule has 6 fully saturated rings. The van der Waals surface area contributed by atoms with Crippen molar-refractivity contribution in [2.75, 3.05) is 13.2 Å². The van der Waals surface area contributed by atoms with Gasteiger partial charge in [0, 0.05) is 140 Å². The molecule has 24 nitrogen and oxygen atoms in total. The van der Waals surface area contributed by atoms with Gasteiger partial charge in [-0.15, -0.1) is 0 Å².